The number of alkyl carbamates (subject to hydrolysis) is 1. The molecule has 2 amide bonds. The van der Waals surface area contributed by atoms with Crippen LogP contribution in [0, 0.1) is 5.92 Å². The number of thiazole rings is 1. The van der Waals surface area contributed by atoms with Gasteiger partial charge in [-0.1, -0.05) is 68.4 Å². The Labute approximate surface area is 221 Å². The number of nitrogens with two attached hydrogens (primary N) is 1. The number of aliphatic hydroxyl groups is 1. The molecule has 9 nitrogen and oxygen atoms in total. The van der Waals surface area contributed by atoms with E-state index in [1.165, 1.54) is 12.1 Å². The van der Waals surface area contributed by atoms with E-state index in [0.717, 1.165) is 21.7 Å². The first kappa shape index (κ1) is 28.3. The van der Waals surface area contributed by atoms with Gasteiger partial charge >= 0.3 is 6.09 Å². The molecule has 2 aromatic carbocycles. The van der Waals surface area contributed by atoms with Gasteiger partial charge in [-0.2, -0.15) is 0 Å². The number of hydrogen-bond donors (Lipinski definition) is 4. The molecule has 0 radical (unpaired) electrons. The maximum absolute atomic E-state index is 13.1. The highest BCUT2D eigenvalue weighted by atomic mass is 32.1. The number of carbonyl (C=O) groups is 2. The molecule has 0 aliphatic heterocycles. The predicted octanol–water partition coefficient (Wildman–Crippen LogP) is 2.95. The molecule has 3 rings (SSSR count). The zero-order valence-electron chi connectivity index (χ0n) is 21.3. The molecular formula is C27H35N5O4S. The average Bonchev–Trinajstić information content (AvgIpc) is 3.42. The standard InChI is InChI=1S/C27H35N5O4S/c1-18(2)24(31-27(35)36-3)25(34)30-22(15-19-7-5-4-6-8-19)23(33)17-32(28)16-20-9-11-21(12-10-20)26-29-13-14-37-26/h4-14,18,22-24,33H,15-17,28H2,1-3H3,(H,30,34)(H,31,35)/t22-,23-,24-/m0/s1. The Balaban J connectivity index is 1.67. The zero-order valence-corrected chi connectivity index (χ0v) is 22.2. The fourth-order valence-electron chi connectivity index (χ4n) is 3.93. The van der Waals surface area contributed by atoms with Crippen molar-refractivity contribution in [3.63, 3.8) is 0 Å². The fraction of sp³-hybridized carbons (Fsp3) is 0.370. The minimum atomic E-state index is -0.963. The van der Waals surface area contributed by atoms with E-state index in [1.807, 2.05) is 73.8 Å². The van der Waals surface area contributed by atoms with Crippen LogP contribution in [0.25, 0.3) is 10.6 Å². The third-order valence-electron chi connectivity index (χ3n) is 5.94. The zero-order chi connectivity index (χ0) is 26.8. The topological polar surface area (TPSA) is 130 Å². The summed E-state index contributed by atoms with van der Waals surface area (Å²) in [6.45, 7) is 4.19. The van der Waals surface area contributed by atoms with Crippen molar-refractivity contribution < 1.29 is 19.4 Å². The number of aliphatic hydroxyl groups excluding tert-OH is 1. The Kier molecular flexibility index (Phi) is 10.6. The van der Waals surface area contributed by atoms with E-state index in [1.54, 1.807) is 17.5 Å². The van der Waals surface area contributed by atoms with Gasteiger partial charge in [-0.3, -0.25) is 10.6 Å². The van der Waals surface area contributed by atoms with Crippen molar-refractivity contribution in [3.8, 4) is 10.6 Å². The molecule has 0 saturated heterocycles. The Morgan fingerprint density at radius 2 is 1.78 bits per heavy atom. The number of methoxy groups -OCH3 is 1. The molecule has 5 N–H and O–H groups in total. The summed E-state index contributed by atoms with van der Waals surface area (Å²) in [4.78, 5) is 29.2. The molecule has 0 saturated carbocycles. The van der Waals surface area contributed by atoms with Crippen LogP contribution in [-0.4, -0.2) is 58.9 Å². The van der Waals surface area contributed by atoms with Crippen LogP contribution in [0.4, 0.5) is 4.79 Å². The van der Waals surface area contributed by atoms with Gasteiger partial charge in [-0.15, -0.1) is 11.3 Å². The van der Waals surface area contributed by atoms with Crippen LogP contribution in [0.3, 0.4) is 0 Å². The maximum Gasteiger partial charge on any atom is 0.407 e. The molecule has 0 aliphatic carbocycles. The number of rotatable bonds is 12. The third kappa shape index (κ3) is 8.64. The molecule has 3 aromatic rings. The number of nitrogens with zero attached hydrogens (tertiary/aromatic N) is 2. The lowest BCUT2D eigenvalue weighted by atomic mass is 9.98. The molecule has 0 unspecified atom stereocenters. The Bertz CT molecular complexity index is 1110. The molecular weight excluding hydrogens is 490 g/mol. The van der Waals surface area contributed by atoms with Crippen LogP contribution in [0.15, 0.2) is 66.2 Å². The van der Waals surface area contributed by atoms with Crippen LogP contribution in [0.2, 0.25) is 0 Å². The smallest absolute Gasteiger partial charge is 0.407 e. The van der Waals surface area contributed by atoms with E-state index < -0.39 is 30.2 Å². The number of amides is 2. The first-order valence-corrected chi connectivity index (χ1v) is 13.0. The quantitative estimate of drug-likeness (QED) is 0.211. The second-order valence-electron chi connectivity index (χ2n) is 9.19. The van der Waals surface area contributed by atoms with E-state index in [-0.39, 0.29) is 12.5 Å². The van der Waals surface area contributed by atoms with Gasteiger partial charge in [-0.25, -0.2) is 14.8 Å². The van der Waals surface area contributed by atoms with Crippen molar-refractivity contribution in [2.45, 2.75) is 45.0 Å². The molecule has 1 aromatic heterocycles. The van der Waals surface area contributed by atoms with E-state index in [9.17, 15) is 14.7 Å². The van der Waals surface area contributed by atoms with Crippen LogP contribution in [0.5, 0.6) is 0 Å². The summed E-state index contributed by atoms with van der Waals surface area (Å²) in [5, 5.41) is 21.0. The lowest BCUT2D eigenvalue weighted by Crippen LogP contribution is -2.56. The number of ether oxygens (including phenoxy) is 1. The second-order valence-corrected chi connectivity index (χ2v) is 10.1. The predicted molar refractivity (Wildman–Crippen MR) is 144 cm³/mol. The highest BCUT2D eigenvalue weighted by Gasteiger charge is 2.30. The van der Waals surface area contributed by atoms with Gasteiger partial charge in [0, 0.05) is 30.2 Å². The molecule has 0 fully saturated rings. The number of hydrazine groups is 1. The van der Waals surface area contributed by atoms with Gasteiger partial charge < -0.3 is 20.5 Å². The minimum Gasteiger partial charge on any atom is -0.453 e. The molecule has 37 heavy (non-hydrogen) atoms. The summed E-state index contributed by atoms with van der Waals surface area (Å²) in [5.41, 5.74) is 2.98. The monoisotopic (exact) mass is 525 g/mol. The van der Waals surface area contributed by atoms with Crippen molar-refractivity contribution in [1.82, 2.24) is 20.6 Å². The largest absolute Gasteiger partial charge is 0.453 e. The van der Waals surface area contributed by atoms with Gasteiger partial charge in [0.1, 0.15) is 11.0 Å². The van der Waals surface area contributed by atoms with Crippen molar-refractivity contribution in [1.29, 1.82) is 0 Å². The Morgan fingerprint density at radius 3 is 2.38 bits per heavy atom. The molecule has 0 aliphatic rings. The van der Waals surface area contributed by atoms with Crippen LogP contribution < -0.4 is 16.5 Å². The minimum absolute atomic E-state index is 0.128. The lowest BCUT2D eigenvalue weighted by Gasteiger charge is -2.30. The average molecular weight is 526 g/mol. The first-order chi connectivity index (χ1) is 17.8. The highest BCUT2D eigenvalue weighted by Crippen LogP contribution is 2.22. The SMILES string of the molecule is COC(=O)N[C@H](C(=O)N[C@@H](Cc1ccccc1)[C@@H](O)CN(N)Cc1ccc(-c2nccs2)cc1)C(C)C. The molecule has 0 bridgehead atoms. The Hall–Kier alpha value is -3.31. The van der Waals surface area contributed by atoms with Gasteiger partial charge in [0.05, 0.1) is 19.3 Å². The van der Waals surface area contributed by atoms with Crippen molar-refractivity contribution >= 4 is 23.3 Å². The van der Waals surface area contributed by atoms with Crippen LogP contribution >= 0.6 is 11.3 Å². The molecule has 10 heteroatoms. The summed E-state index contributed by atoms with van der Waals surface area (Å²) < 4.78 is 4.66. The van der Waals surface area contributed by atoms with Gasteiger partial charge in [0.25, 0.3) is 0 Å². The number of benzene rings is 2. The van der Waals surface area contributed by atoms with E-state index >= 15 is 0 Å². The number of nitrogens with one attached hydrogen (secondary N) is 2. The van der Waals surface area contributed by atoms with E-state index in [2.05, 4.69) is 20.4 Å². The normalized spacial score (nSPS) is 13.7. The summed E-state index contributed by atoms with van der Waals surface area (Å²) in [5.74, 6) is 5.68. The van der Waals surface area contributed by atoms with Gasteiger partial charge in [-0.05, 0) is 23.5 Å². The number of aromatic nitrogens is 1. The van der Waals surface area contributed by atoms with Crippen molar-refractivity contribution in [2.24, 2.45) is 11.8 Å². The van der Waals surface area contributed by atoms with Gasteiger partial charge in [0.2, 0.25) is 5.91 Å². The number of carbonyl (C=O) groups excluding carboxylic acids is 2. The molecule has 3 atom stereocenters. The van der Waals surface area contributed by atoms with Crippen LogP contribution in [0.1, 0.15) is 25.0 Å². The summed E-state index contributed by atoms with van der Waals surface area (Å²) in [7, 11) is 1.25. The van der Waals surface area contributed by atoms with Gasteiger partial charge in [0.15, 0.2) is 0 Å². The fourth-order valence-corrected chi connectivity index (χ4v) is 4.57. The molecule has 0 spiro atoms. The lowest BCUT2D eigenvalue weighted by molar-refractivity contribution is -0.125. The number of hydrogen-bond acceptors (Lipinski definition) is 8. The highest BCUT2D eigenvalue weighted by molar-refractivity contribution is 7.13. The molecule has 198 valence electrons. The third-order valence-corrected chi connectivity index (χ3v) is 6.76. The van der Waals surface area contributed by atoms with Crippen LogP contribution in [-0.2, 0) is 22.5 Å². The summed E-state index contributed by atoms with van der Waals surface area (Å²) in [6, 6.07) is 16.1. The maximum atomic E-state index is 13.1. The van der Waals surface area contributed by atoms with E-state index in [0.29, 0.717) is 13.0 Å². The van der Waals surface area contributed by atoms with Crippen molar-refractivity contribution in [3.05, 3.63) is 77.3 Å². The summed E-state index contributed by atoms with van der Waals surface area (Å²) >= 11 is 1.58. The first-order valence-electron chi connectivity index (χ1n) is 12.1. The molecule has 1 heterocycles. The van der Waals surface area contributed by atoms with Crippen molar-refractivity contribution in [2.75, 3.05) is 13.7 Å². The summed E-state index contributed by atoms with van der Waals surface area (Å²) in [6.07, 6.45) is 0.515. The van der Waals surface area contributed by atoms with E-state index in [4.69, 9.17) is 5.84 Å². The second kappa shape index (κ2) is 13.8. The Morgan fingerprint density at radius 1 is 1.08 bits per heavy atom.